The Hall–Kier alpha value is -0.616. The molecule has 3 rings (SSSR count). The summed E-state index contributed by atoms with van der Waals surface area (Å²) < 4.78 is 53.0. The van der Waals surface area contributed by atoms with Crippen LogP contribution in [0.4, 0.5) is 0 Å². The topological polar surface area (TPSA) is 128 Å². The Balaban J connectivity index is 2.16. The first-order valence-corrected chi connectivity index (χ1v) is 20.4. The summed E-state index contributed by atoms with van der Waals surface area (Å²) in [7, 11) is -8.77. The van der Waals surface area contributed by atoms with Crippen LogP contribution in [0.3, 0.4) is 0 Å². The molecule has 0 amide bonds. The van der Waals surface area contributed by atoms with E-state index < -0.39 is 50.8 Å². The zero-order chi connectivity index (χ0) is 27.5. The summed E-state index contributed by atoms with van der Waals surface area (Å²) in [5.41, 5.74) is 5.67. The maximum atomic E-state index is 12.8. The minimum absolute atomic E-state index is 0.0399. The standard InChI is InChI=1S/C22H41BrN4O6SSi2/c1-20(2,3)35(7,8)30-13-17-22(16(24)14-34(28,29)33-22)18(32-36(9,10)21(4,5)6)19(31-17)27-15(11-23)12-25-26-27/h12,14,17-19H,11,13,24H2,1-10H3/t17?,18-,19+,22?/m0/s1. The van der Waals surface area contributed by atoms with Gasteiger partial charge in [0, 0.05) is 5.33 Å². The van der Waals surface area contributed by atoms with Crippen molar-refractivity contribution in [3.8, 4) is 0 Å². The average Bonchev–Trinajstić information content (AvgIpc) is 3.34. The Labute approximate surface area is 225 Å². The number of halogens is 1. The van der Waals surface area contributed by atoms with Crippen molar-refractivity contribution in [2.45, 2.75) is 107 Å². The van der Waals surface area contributed by atoms with Crippen LogP contribution < -0.4 is 5.73 Å². The molecule has 2 aliphatic rings. The van der Waals surface area contributed by atoms with Crippen molar-refractivity contribution in [3.05, 3.63) is 23.0 Å². The summed E-state index contributed by atoms with van der Waals surface area (Å²) in [4.78, 5) is 0. The van der Waals surface area contributed by atoms with Gasteiger partial charge in [0.15, 0.2) is 28.5 Å². The minimum Gasteiger partial charge on any atom is -0.414 e. The fourth-order valence-corrected chi connectivity index (χ4v) is 7.67. The minimum atomic E-state index is -4.06. The van der Waals surface area contributed by atoms with Gasteiger partial charge in [0.05, 0.1) is 29.6 Å². The van der Waals surface area contributed by atoms with Crippen molar-refractivity contribution in [2.24, 2.45) is 5.73 Å². The highest BCUT2D eigenvalue weighted by Crippen LogP contribution is 2.52. The van der Waals surface area contributed by atoms with Crippen LogP contribution in [-0.2, 0) is 33.2 Å². The van der Waals surface area contributed by atoms with E-state index in [2.05, 4.69) is 94.0 Å². The molecular weight excluding hydrogens is 584 g/mol. The lowest BCUT2D eigenvalue weighted by molar-refractivity contribution is -0.0603. The summed E-state index contributed by atoms with van der Waals surface area (Å²) >= 11 is 3.48. The van der Waals surface area contributed by atoms with Crippen LogP contribution in [0.15, 0.2) is 17.3 Å². The van der Waals surface area contributed by atoms with Gasteiger partial charge in [-0.3, -0.25) is 0 Å². The lowest BCUT2D eigenvalue weighted by atomic mass is 9.89. The lowest BCUT2D eigenvalue weighted by Crippen LogP contribution is -2.59. The second kappa shape index (κ2) is 9.54. The van der Waals surface area contributed by atoms with Crippen molar-refractivity contribution in [1.82, 2.24) is 15.0 Å². The van der Waals surface area contributed by atoms with E-state index in [1.165, 1.54) is 0 Å². The smallest absolute Gasteiger partial charge is 0.292 e. The SMILES string of the molecule is CC(C)(C)[Si](C)(C)OCC1O[C@@H](n2nncc2CBr)[C@H](O[Si](C)(C)C(C)(C)C)C12OS(=O)(=O)C=C2N. The van der Waals surface area contributed by atoms with Gasteiger partial charge in [0.25, 0.3) is 10.1 Å². The Morgan fingerprint density at radius 2 is 1.72 bits per heavy atom. The summed E-state index contributed by atoms with van der Waals surface area (Å²) in [6, 6.07) is 0. The van der Waals surface area contributed by atoms with E-state index in [1.54, 1.807) is 10.9 Å². The third kappa shape index (κ3) is 5.29. The second-order valence-corrected chi connectivity index (χ2v) is 24.1. The third-order valence-corrected chi connectivity index (χ3v) is 18.7. The van der Waals surface area contributed by atoms with Gasteiger partial charge in [-0.2, -0.15) is 8.42 Å². The van der Waals surface area contributed by atoms with Crippen LogP contribution in [0.2, 0.25) is 36.3 Å². The van der Waals surface area contributed by atoms with Crippen LogP contribution in [0.1, 0.15) is 53.5 Å². The van der Waals surface area contributed by atoms with E-state index in [1.807, 2.05) is 0 Å². The van der Waals surface area contributed by atoms with Crippen LogP contribution in [0, 0.1) is 0 Å². The molecule has 1 aromatic rings. The van der Waals surface area contributed by atoms with Gasteiger partial charge in [-0.25, -0.2) is 8.86 Å². The van der Waals surface area contributed by atoms with Crippen LogP contribution in [0.5, 0.6) is 0 Å². The number of rotatable bonds is 7. The first kappa shape index (κ1) is 29.9. The predicted octanol–water partition coefficient (Wildman–Crippen LogP) is 4.38. The van der Waals surface area contributed by atoms with Gasteiger partial charge in [-0.05, 0) is 36.3 Å². The van der Waals surface area contributed by atoms with Gasteiger partial charge in [0.1, 0.15) is 12.2 Å². The number of hydrogen-bond donors (Lipinski definition) is 1. The molecule has 0 aliphatic carbocycles. The Morgan fingerprint density at radius 3 is 2.19 bits per heavy atom. The number of alkyl halides is 1. The molecule has 1 saturated heterocycles. The molecule has 2 aliphatic heterocycles. The number of nitrogens with zero attached hydrogens (tertiary/aromatic N) is 3. The van der Waals surface area contributed by atoms with Crippen molar-refractivity contribution in [3.63, 3.8) is 0 Å². The highest BCUT2D eigenvalue weighted by atomic mass is 79.9. The number of hydrogen-bond acceptors (Lipinski definition) is 9. The molecule has 0 bridgehead atoms. The highest BCUT2D eigenvalue weighted by molar-refractivity contribution is 9.08. The molecule has 2 unspecified atom stereocenters. The quantitative estimate of drug-likeness (QED) is 0.267. The van der Waals surface area contributed by atoms with Gasteiger partial charge in [0.2, 0.25) is 0 Å². The van der Waals surface area contributed by atoms with E-state index in [9.17, 15) is 8.42 Å². The molecule has 2 N–H and O–H groups in total. The lowest BCUT2D eigenvalue weighted by Gasteiger charge is -2.43. The zero-order valence-electron chi connectivity index (χ0n) is 23.0. The molecule has 14 heteroatoms. The molecule has 1 aromatic heterocycles. The normalized spacial score (nSPS) is 29.2. The van der Waals surface area contributed by atoms with E-state index in [-0.39, 0.29) is 22.4 Å². The molecule has 0 radical (unpaired) electrons. The fraction of sp³-hybridized carbons (Fsp3) is 0.818. The molecule has 3 heterocycles. The molecule has 36 heavy (non-hydrogen) atoms. The highest BCUT2D eigenvalue weighted by Gasteiger charge is 2.67. The van der Waals surface area contributed by atoms with Crippen molar-refractivity contribution in [1.29, 1.82) is 0 Å². The molecule has 0 saturated carbocycles. The van der Waals surface area contributed by atoms with E-state index in [0.29, 0.717) is 5.33 Å². The van der Waals surface area contributed by atoms with Gasteiger partial charge in [-0.1, -0.05) is 62.7 Å². The fourth-order valence-electron chi connectivity index (χ4n) is 3.76. The van der Waals surface area contributed by atoms with E-state index in [0.717, 1.165) is 11.1 Å². The molecule has 206 valence electrons. The zero-order valence-corrected chi connectivity index (χ0v) is 27.4. The number of ether oxygens (including phenoxy) is 1. The third-order valence-electron chi connectivity index (χ3n) is 8.10. The predicted molar refractivity (Wildman–Crippen MR) is 147 cm³/mol. The summed E-state index contributed by atoms with van der Waals surface area (Å²) in [5, 5.41) is 9.51. The summed E-state index contributed by atoms with van der Waals surface area (Å²) in [5.74, 6) is 0. The van der Waals surface area contributed by atoms with Gasteiger partial charge >= 0.3 is 0 Å². The maximum absolute atomic E-state index is 12.8. The number of aromatic nitrogens is 3. The Kier molecular flexibility index (Phi) is 7.93. The molecule has 1 spiro atoms. The first-order chi connectivity index (χ1) is 16.2. The molecular formula is C22H41BrN4O6SSi2. The van der Waals surface area contributed by atoms with Crippen LogP contribution in [0.25, 0.3) is 0 Å². The van der Waals surface area contributed by atoms with Gasteiger partial charge < -0.3 is 19.3 Å². The molecule has 10 nitrogen and oxygen atoms in total. The largest absolute Gasteiger partial charge is 0.414 e. The second-order valence-electron chi connectivity index (χ2n) is 12.6. The Morgan fingerprint density at radius 1 is 1.14 bits per heavy atom. The first-order valence-electron chi connectivity index (χ1n) is 12.0. The van der Waals surface area contributed by atoms with Gasteiger partial charge in [-0.15, -0.1) is 5.10 Å². The number of nitrogens with two attached hydrogens (primary N) is 1. The molecule has 1 fully saturated rings. The maximum Gasteiger partial charge on any atom is 0.292 e. The van der Waals surface area contributed by atoms with Crippen molar-refractivity contribution in [2.75, 3.05) is 6.61 Å². The Bertz CT molecular complexity index is 1110. The van der Waals surface area contributed by atoms with Crippen molar-refractivity contribution >= 4 is 42.7 Å². The van der Waals surface area contributed by atoms with Crippen LogP contribution in [-0.4, -0.2) is 64.5 Å². The van der Waals surface area contributed by atoms with Crippen LogP contribution >= 0.6 is 15.9 Å². The molecule has 0 aromatic carbocycles. The van der Waals surface area contributed by atoms with Crippen molar-refractivity contribution < 1.29 is 26.2 Å². The summed E-state index contributed by atoms with van der Waals surface area (Å²) in [6.07, 6.45) is -0.965. The van der Waals surface area contributed by atoms with E-state index >= 15 is 0 Å². The average molecular weight is 626 g/mol. The monoisotopic (exact) mass is 624 g/mol. The summed E-state index contributed by atoms with van der Waals surface area (Å²) in [6.45, 7) is 21.3. The van der Waals surface area contributed by atoms with E-state index in [4.69, 9.17) is 23.5 Å². The molecule has 4 atom stereocenters.